The van der Waals surface area contributed by atoms with E-state index >= 15 is 0 Å². The van der Waals surface area contributed by atoms with E-state index in [0.29, 0.717) is 5.91 Å². The highest BCUT2D eigenvalue weighted by Gasteiger charge is 2.30. The Morgan fingerprint density at radius 3 is 2.82 bits per heavy atom. The molecule has 2 aliphatic rings. The minimum Gasteiger partial charge on any atom is -0.345 e. The van der Waals surface area contributed by atoms with E-state index in [1.165, 1.54) is 11.5 Å². The second kappa shape index (κ2) is 6.91. The highest BCUT2D eigenvalue weighted by molar-refractivity contribution is 7.09. The fraction of sp³-hybridized carbons (Fsp3) is 0.800. The third-order valence-corrected chi connectivity index (χ3v) is 5.53. The van der Waals surface area contributed by atoms with Crippen molar-refractivity contribution in [3.8, 4) is 0 Å². The molecule has 122 valence electrons. The monoisotopic (exact) mass is 323 g/mol. The van der Waals surface area contributed by atoms with Gasteiger partial charge in [-0.1, -0.05) is 6.42 Å². The summed E-state index contributed by atoms with van der Waals surface area (Å²) in [5.41, 5.74) is 6.03. The number of carbonyl (C=O) groups is 1. The average molecular weight is 323 g/mol. The van der Waals surface area contributed by atoms with Gasteiger partial charge in [0, 0.05) is 49.7 Å². The predicted octanol–water partition coefficient (Wildman–Crippen LogP) is 1.40. The van der Waals surface area contributed by atoms with Crippen molar-refractivity contribution in [2.45, 2.75) is 45.1 Å². The van der Waals surface area contributed by atoms with E-state index in [0.717, 1.165) is 69.2 Å². The van der Waals surface area contributed by atoms with Gasteiger partial charge in [0.25, 0.3) is 0 Å². The van der Waals surface area contributed by atoms with Gasteiger partial charge in [-0.25, -0.2) is 4.98 Å². The summed E-state index contributed by atoms with van der Waals surface area (Å²) < 4.78 is 4.25. The number of aromatic nitrogens is 2. The zero-order valence-corrected chi connectivity index (χ0v) is 14.0. The lowest BCUT2D eigenvalue weighted by Crippen LogP contribution is -2.42. The number of nitrogens with two attached hydrogens (primary N) is 1. The molecule has 1 saturated heterocycles. The highest BCUT2D eigenvalue weighted by atomic mass is 32.1. The number of nitrogens with zero attached hydrogens (tertiary/aromatic N) is 4. The first-order chi connectivity index (χ1) is 10.6. The Hall–Kier alpha value is -1.21. The zero-order valence-electron chi connectivity index (χ0n) is 13.2. The molecule has 2 heterocycles. The van der Waals surface area contributed by atoms with Crippen molar-refractivity contribution in [1.82, 2.24) is 14.3 Å². The topological polar surface area (TPSA) is 75.4 Å². The first-order valence-electron chi connectivity index (χ1n) is 8.23. The van der Waals surface area contributed by atoms with Crippen molar-refractivity contribution in [3.63, 3.8) is 0 Å². The molecular weight excluding hydrogens is 298 g/mol. The van der Waals surface area contributed by atoms with Crippen molar-refractivity contribution in [1.29, 1.82) is 0 Å². The lowest BCUT2D eigenvalue weighted by atomic mass is 9.85. The van der Waals surface area contributed by atoms with Gasteiger partial charge in [0.15, 0.2) is 0 Å². The van der Waals surface area contributed by atoms with Crippen LogP contribution in [-0.4, -0.2) is 52.4 Å². The van der Waals surface area contributed by atoms with Crippen LogP contribution in [-0.2, 0) is 4.79 Å². The molecule has 0 radical (unpaired) electrons. The maximum atomic E-state index is 12.7. The molecule has 1 saturated carbocycles. The molecule has 1 amide bonds. The van der Waals surface area contributed by atoms with Gasteiger partial charge in [0.05, 0.1) is 0 Å². The number of amides is 1. The molecule has 7 heteroatoms. The molecule has 2 fully saturated rings. The molecule has 2 N–H and O–H groups in total. The Balaban J connectivity index is 1.59. The maximum absolute atomic E-state index is 12.7. The zero-order chi connectivity index (χ0) is 15.5. The summed E-state index contributed by atoms with van der Waals surface area (Å²) in [4.78, 5) is 21.5. The molecule has 0 aromatic carbocycles. The molecule has 0 spiro atoms. The van der Waals surface area contributed by atoms with Crippen molar-refractivity contribution in [3.05, 3.63) is 5.82 Å². The summed E-state index contributed by atoms with van der Waals surface area (Å²) in [5, 5.41) is 0.978. The number of anilines is 1. The van der Waals surface area contributed by atoms with E-state index in [2.05, 4.69) is 14.3 Å². The van der Waals surface area contributed by atoms with Crippen LogP contribution in [0.25, 0.3) is 0 Å². The van der Waals surface area contributed by atoms with E-state index in [1.54, 1.807) is 0 Å². The van der Waals surface area contributed by atoms with Crippen LogP contribution in [0.5, 0.6) is 0 Å². The van der Waals surface area contributed by atoms with Gasteiger partial charge in [-0.05, 0) is 32.6 Å². The normalized spacial score (nSPS) is 26.8. The molecule has 0 bridgehead atoms. The first kappa shape index (κ1) is 15.7. The smallest absolute Gasteiger partial charge is 0.225 e. The molecule has 2 atom stereocenters. The average Bonchev–Trinajstić information content (AvgIpc) is 2.80. The van der Waals surface area contributed by atoms with E-state index in [-0.39, 0.29) is 12.0 Å². The van der Waals surface area contributed by atoms with Gasteiger partial charge in [-0.15, -0.1) is 0 Å². The predicted molar refractivity (Wildman–Crippen MR) is 88.0 cm³/mol. The van der Waals surface area contributed by atoms with Gasteiger partial charge in [0.2, 0.25) is 11.0 Å². The van der Waals surface area contributed by atoms with Crippen molar-refractivity contribution >= 4 is 22.6 Å². The number of aryl methyl sites for hydroxylation is 1. The second-order valence-electron chi connectivity index (χ2n) is 6.41. The quantitative estimate of drug-likeness (QED) is 0.890. The second-order valence-corrected chi connectivity index (χ2v) is 7.14. The molecule has 1 aliphatic carbocycles. The molecule has 0 unspecified atom stereocenters. The number of hydrogen-bond donors (Lipinski definition) is 1. The molecule has 6 nitrogen and oxygen atoms in total. The van der Waals surface area contributed by atoms with Crippen molar-refractivity contribution in [2.75, 3.05) is 31.1 Å². The first-order valence-corrected chi connectivity index (χ1v) is 9.00. The fourth-order valence-electron chi connectivity index (χ4n) is 3.45. The number of hydrogen-bond acceptors (Lipinski definition) is 6. The summed E-state index contributed by atoms with van der Waals surface area (Å²) >= 11 is 1.45. The largest absolute Gasteiger partial charge is 0.345 e. The third-order valence-electron chi connectivity index (χ3n) is 4.66. The fourth-order valence-corrected chi connectivity index (χ4v) is 4.18. The summed E-state index contributed by atoms with van der Waals surface area (Å²) in [7, 11) is 0. The lowest BCUT2D eigenvalue weighted by molar-refractivity contribution is -0.136. The Morgan fingerprint density at radius 2 is 2.09 bits per heavy atom. The van der Waals surface area contributed by atoms with E-state index < -0.39 is 0 Å². The van der Waals surface area contributed by atoms with Crippen LogP contribution in [0, 0.1) is 12.8 Å². The van der Waals surface area contributed by atoms with Crippen LogP contribution in [0.3, 0.4) is 0 Å². The third kappa shape index (κ3) is 3.57. The molecular formula is C15H25N5OS. The van der Waals surface area contributed by atoms with Crippen molar-refractivity contribution in [2.24, 2.45) is 11.7 Å². The number of rotatable bonds is 2. The standard InChI is InChI=1S/C15H25N5OS/c1-11-17-15(22-18-11)20-7-3-6-19(8-9-20)14(21)12-4-2-5-13(16)10-12/h12-13H,2-10,16H2,1H3/t12-,13-/m0/s1. The SMILES string of the molecule is Cc1nsc(N2CCCN(C(=O)[C@H]3CCC[C@H](N)C3)CC2)n1. The highest BCUT2D eigenvalue weighted by Crippen LogP contribution is 2.26. The molecule has 1 aromatic rings. The van der Waals surface area contributed by atoms with Crippen LogP contribution in [0.15, 0.2) is 0 Å². The van der Waals surface area contributed by atoms with Gasteiger partial charge >= 0.3 is 0 Å². The van der Waals surface area contributed by atoms with Gasteiger partial charge in [0.1, 0.15) is 5.82 Å². The van der Waals surface area contributed by atoms with Crippen LogP contribution >= 0.6 is 11.5 Å². The van der Waals surface area contributed by atoms with Crippen molar-refractivity contribution < 1.29 is 4.79 Å². The van der Waals surface area contributed by atoms with Crippen LogP contribution in [0.1, 0.15) is 37.9 Å². The van der Waals surface area contributed by atoms with Crippen LogP contribution in [0.4, 0.5) is 5.13 Å². The van der Waals surface area contributed by atoms with Gasteiger partial charge < -0.3 is 15.5 Å². The Kier molecular flexibility index (Phi) is 4.93. The molecule has 22 heavy (non-hydrogen) atoms. The molecule has 3 rings (SSSR count). The minimum atomic E-state index is 0.138. The Morgan fingerprint density at radius 1 is 1.23 bits per heavy atom. The van der Waals surface area contributed by atoms with E-state index in [9.17, 15) is 4.79 Å². The van der Waals surface area contributed by atoms with Gasteiger partial charge in [-0.2, -0.15) is 4.37 Å². The summed E-state index contributed by atoms with van der Waals surface area (Å²) in [5.74, 6) is 1.28. The summed E-state index contributed by atoms with van der Waals surface area (Å²) in [6, 6.07) is 0.204. The number of carbonyl (C=O) groups excluding carboxylic acids is 1. The molecule has 1 aliphatic heterocycles. The van der Waals surface area contributed by atoms with E-state index in [1.807, 2.05) is 11.8 Å². The van der Waals surface area contributed by atoms with Gasteiger partial charge in [-0.3, -0.25) is 4.79 Å². The van der Waals surface area contributed by atoms with E-state index in [4.69, 9.17) is 5.73 Å². The Labute approximate surface area is 135 Å². The minimum absolute atomic E-state index is 0.138. The van der Waals surface area contributed by atoms with Crippen LogP contribution < -0.4 is 10.6 Å². The molecule has 1 aromatic heterocycles. The Bertz CT molecular complexity index is 520. The summed E-state index contributed by atoms with van der Waals surface area (Å²) in [6.45, 7) is 5.34. The van der Waals surface area contributed by atoms with Crippen LogP contribution in [0.2, 0.25) is 0 Å². The maximum Gasteiger partial charge on any atom is 0.225 e. The lowest BCUT2D eigenvalue weighted by Gasteiger charge is -2.30. The summed E-state index contributed by atoms with van der Waals surface area (Å²) in [6.07, 6.45) is 5.00.